The fourth-order valence-electron chi connectivity index (χ4n) is 3.51. The van der Waals surface area contributed by atoms with E-state index >= 15 is 0 Å². The number of carbonyl (C=O) groups is 4. The maximum absolute atomic E-state index is 11.8. The lowest BCUT2D eigenvalue weighted by Crippen LogP contribution is -2.33. The molecule has 0 heterocycles. The number of hydrogen-bond donors (Lipinski definition) is 2. The monoisotopic (exact) mass is 628 g/mol. The lowest BCUT2D eigenvalue weighted by Gasteiger charge is -2.19. The molecule has 0 aliphatic heterocycles. The number of rotatable bonds is 19. The minimum atomic E-state index is -4.64. The van der Waals surface area contributed by atoms with Crippen LogP contribution in [0.1, 0.15) is 138 Å². The summed E-state index contributed by atoms with van der Waals surface area (Å²) in [7, 11) is 0. The van der Waals surface area contributed by atoms with Gasteiger partial charge in [0.25, 0.3) is 0 Å². The third-order valence-electron chi connectivity index (χ3n) is 5.52. The summed E-state index contributed by atoms with van der Waals surface area (Å²) in [5.74, 6) is -0.268. The minimum absolute atomic E-state index is 0.0382. The van der Waals surface area contributed by atoms with Crippen molar-refractivity contribution in [3.63, 3.8) is 0 Å². The number of nitrogens with one attached hydrogen (secondary N) is 1. The molecule has 0 bridgehead atoms. The van der Waals surface area contributed by atoms with E-state index < -0.39 is 24.2 Å². The molecule has 0 aromatic heterocycles. The van der Waals surface area contributed by atoms with Crippen LogP contribution in [0.2, 0.25) is 0 Å². The molecule has 0 saturated carbocycles. The number of halogens is 3. The molecule has 256 valence electrons. The van der Waals surface area contributed by atoms with E-state index in [2.05, 4.69) is 33.0 Å². The van der Waals surface area contributed by atoms with Gasteiger partial charge >= 0.3 is 24.2 Å². The smallest absolute Gasteiger partial charge is 0.446 e. The maximum Gasteiger partial charge on any atom is 0.446 e. The van der Waals surface area contributed by atoms with Crippen LogP contribution in [0.15, 0.2) is 0 Å². The van der Waals surface area contributed by atoms with Gasteiger partial charge < -0.3 is 25.3 Å². The highest BCUT2D eigenvalue weighted by molar-refractivity contribution is 5.70. The molecule has 0 rings (SSSR count). The summed E-state index contributed by atoms with van der Waals surface area (Å²) in [6, 6.07) is 0. The summed E-state index contributed by atoms with van der Waals surface area (Å²) in [5, 5.41) is 2.64. The Hall–Kier alpha value is -2.37. The summed E-state index contributed by atoms with van der Waals surface area (Å²) in [4.78, 5) is 43.3. The van der Waals surface area contributed by atoms with E-state index in [0.29, 0.717) is 32.4 Å². The van der Waals surface area contributed by atoms with Crippen molar-refractivity contribution in [3.8, 4) is 0 Å². The van der Waals surface area contributed by atoms with Crippen LogP contribution in [-0.4, -0.2) is 61.4 Å². The van der Waals surface area contributed by atoms with Crippen LogP contribution in [0, 0.1) is 0 Å². The summed E-state index contributed by atoms with van der Waals surface area (Å²) in [6.07, 6.45) is 6.48. The summed E-state index contributed by atoms with van der Waals surface area (Å²) in [5.41, 5.74) is 4.83. The zero-order valence-corrected chi connectivity index (χ0v) is 27.6. The second-order valence-corrected chi connectivity index (χ2v) is 11.2. The highest BCUT2D eigenvalue weighted by Gasteiger charge is 2.25. The van der Waals surface area contributed by atoms with E-state index in [0.717, 1.165) is 70.6 Å². The standard InChI is InChI=1S/C17H33NO4.C12H25NO2.C2HF3O/c1-6-8-11-14(10-7-2)21-15(19)12-9-13-18-16(20)22-17(3,4)5;1-3-5-8-11(7-4-2)15-12(14)9-6-10-13;3-2(4,5)1-6/h14H,6-13H2,1-5H3,(H,18,20);11H,3-10,13H2,1-2H3;1H. The maximum atomic E-state index is 11.8. The summed E-state index contributed by atoms with van der Waals surface area (Å²) < 4.78 is 47.3. The Morgan fingerprint density at radius 3 is 1.49 bits per heavy atom. The average Bonchev–Trinajstić information content (AvgIpc) is 2.91. The average molecular weight is 629 g/mol. The number of ether oxygens (including phenoxy) is 3. The van der Waals surface area contributed by atoms with Gasteiger partial charge in [-0.25, -0.2) is 4.79 Å². The lowest BCUT2D eigenvalue weighted by atomic mass is 10.1. The van der Waals surface area contributed by atoms with E-state index in [-0.39, 0.29) is 24.1 Å². The zero-order chi connectivity index (χ0) is 33.7. The van der Waals surface area contributed by atoms with Crippen LogP contribution < -0.4 is 11.1 Å². The molecular formula is C31H59F3N2O7. The fraction of sp³-hybridized carbons (Fsp3) is 0.871. The third-order valence-corrected chi connectivity index (χ3v) is 5.52. The van der Waals surface area contributed by atoms with Gasteiger partial charge in [-0.15, -0.1) is 0 Å². The Bertz CT molecular complexity index is 714. The molecule has 0 aliphatic rings. The second-order valence-electron chi connectivity index (χ2n) is 11.2. The van der Waals surface area contributed by atoms with E-state index in [9.17, 15) is 27.6 Å². The molecule has 3 N–H and O–H groups in total. The number of alkyl halides is 3. The van der Waals surface area contributed by atoms with Gasteiger partial charge in [0.1, 0.15) is 17.8 Å². The molecule has 0 aliphatic carbocycles. The number of aldehydes is 1. The largest absolute Gasteiger partial charge is 0.462 e. The highest BCUT2D eigenvalue weighted by atomic mass is 19.4. The van der Waals surface area contributed by atoms with Crippen molar-refractivity contribution in [3.05, 3.63) is 0 Å². The predicted octanol–water partition coefficient (Wildman–Crippen LogP) is 7.57. The topological polar surface area (TPSA) is 134 Å². The lowest BCUT2D eigenvalue weighted by molar-refractivity contribution is -0.156. The quantitative estimate of drug-likeness (QED) is 0.0647. The van der Waals surface area contributed by atoms with Gasteiger partial charge in [-0.2, -0.15) is 13.2 Å². The van der Waals surface area contributed by atoms with Gasteiger partial charge in [-0.1, -0.05) is 66.2 Å². The Morgan fingerprint density at radius 1 is 0.744 bits per heavy atom. The van der Waals surface area contributed by atoms with Crippen LogP contribution in [0.25, 0.3) is 0 Å². The van der Waals surface area contributed by atoms with Crippen LogP contribution in [0.4, 0.5) is 18.0 Å². The van der Waals surface area contributed by atoms with E-state index in [4.69, 9.17) is 24.7 Å². The molecule has 9 nitrogen and oxygen atoms in total. The van der Waals surface area contributed by atoms with Gasteiger partial charge in [0, 0.05) is 19.4 Å². The third kappa shape index (κ3) is 37.6. The molecule has 0 spiro atoms. The molecule has 12 heteroatoms. The van der Waals surface area contributed by atoms with Crippen molar-refractivity contribution in [2.75, 3.05) is 13.1 Å². The first-order valence-corrected chi connectivity index (χ1v) is 15.7. The Kier molecular flexibility index (Phi) is 29.8. The van der Waals surface area contributed by atoms with Gasteiger partial charge in [0.2, 0.25) is 6.29 Å². The number of amides is 1. The van der Waals surface area contributed by atoms with Crippen LogP contribution in [0.3, 0.4) is 0 Å². The molecule has 43 heavy (non-hydrogen) atoms. The van der Waals surface area contributed by atoms with Crippen LogP contribution in [0.5, 0.6) is 0 Å². The molecule has 0 aromatic rings. The van der Waals surface area contributed by atoms with Gasteiger partial charge in [-0.05, 0) is 65.8 Å². The number of hydrogen-bond acceptors (Lipinski definition) is 8. The Labute approximate surface area is 257 Å². The van der Waals surface area contributed by atoms with Crippen molar-refractivity contribution in [2.45, 2.75) is 162 Å². The van der Waals surface area contributed by atoms with Gasteiger partial charge in [0.05, 0.1) is 0 Å². The minimum Gasteiger partial charge on any atom is -0.462 e. The molecule has 0 radical (unpaired) electrons. The molecular weight excluding hydrogens is 569 g/mol. The SMILES string of the molecule is CCCCC(CCC)OC(=O)CCCN.CCCCC(CCC)OC(=O)CCCNC(=O)OC(C)(C)C.O=CC(F)(F)F. The van der Waals surface area contributed by atoms with Crippen LogP contribution >= 0.6 is 0 Å². The first-order chi connectivity index (χ1) is 20.1. The van der Waals surface area contributed by atoms with Crippen molar-refractivity contribution >= 4 is 24.3 Å². The zero-order valence-electron chi connectivity index (χ0n) is 27.6. The van der Waals surface area contributed by atoms with E-state index in [1.807, 2.05) is 20.8 Å². The molecule has 1 amide bonds. The molecule has 0 aromatic carbocycles. The fourth-order valence-corrected chi connectivity index (χ4v) is 3.51. The normalized spacial score (nSPS) is 12.3. The van der Waals surface area contributed by atoms with Gasteiger partial charge in [0.15, 0.2) is 0 Å². The number of esters is 2. The molecule has 2 unspecified atom stereocenters. The van der Waals surface area contributed by atoms with Crippen molar-refractivity contribution in [2.24, 2.45) is 5.73 Å². The van der Waals surface area contributed by atoms with Gasteiger partial charge in [-0.3, -0.25) is 14.4 Å². The predicted molar refractivity (Wildman–Crippen MR) is 163 cm³/mol. The van der Waals surface area contributed by atoms with Crippen molar-refractivity contribution < 1.29 is 46.6 Å². The van der Waals surface area contributed by atoms with Crippen LogP contribution in [-0.2, 0) is 28.6 Å². The molecule has 0 fully saturated rings. The number of alkyl carbamates (subject to hydrolysis) is 1. The Morgan fingerprint density at radius 2 is 1.16 bits per heavy atom. The van der Waals surface area contributed by atoms with E-state index in [1.54, 1.807) is 0 Å². The highest BCUT2D eigenvalue weighted by Crippen LogP contribution is 2.14. The molecule has 2 atom stereocenters. The van der Waals surface area contributed by atoms with Crippen molar-refractivity contribution in [1.29, 1.82) is 0 Å². The van der Waals surface area contributed by atoms with E-state index in [1.165, 1.54) is 0 Å². The summed E-state index contributed by atoms with van der Waals surface area (Å²) >= 11 is 0. The number of nitrogens with two attached hydrogens (primary N) is 1. The molecule has 0 saturated heterocycles. The van der Waals surface area contributed by atoms with Crippen molar-refractivity contribution in [1.82, 2.24) is 5.32 Å². The Balaban J connectivity index is -0.000000654. The number of carbonyl (C=O) groups excluding carboxylic acids is 4. The second kappa shape index (κ2) is 28.4. The number of unbranched alkanes of at least 4 members (excludes halogenated alkanes) is 2. The first kappa shape index (κ1) is 45.1. The summed E-state index contributed by atoms with van der Waals surface area (Å²) in [6.45, 7) is 14.9. The first-order valence-electron chi connectivity index (χ1n) is 15.7.